The Bertz CT molecular complexity index is 487. The zero-order valence-electron chi connectivity index (χ0n) is 11.8. The van der Waals surface area contributed by atoms with Crippen LogP contribution in [0.15, 0.2) is 48.5 Å². The van der Waals surface area contributed by atoms with Crippen molar-refractivity contribution in [3.05, 3.63) is 65.2 Å². The molecule has 100 valence electrons. The van der Waals surface area contributed by atoms with Crippen molar-refractivity contribution in [1.29, 1.82) is 0 Å². The van der Waals surface area contributed by atoms with Gasteiger partial charge in [0.05, 0.1) is 0 Å². The first-order valence-electron chi connectivity index (χ1n) is 6.81. The average molecular weight is 254 g/mol. The number of nitrogen functional groups attached to an aromatic ring is 1. The topological polar surface area (TPSA) is 29.3 Å². The Morgan fingerprint density at radius 2 is 1.47 bits per heavy atom. The first-order chi connectivity index (χ1) is 9.20. The van der Waals surface area contributed by atoms with E-state index in [-0.39, 0.29) is 0 Å². The molecule has 0 saturated heterocycles. The molecule has 0 aliphatic heterocycles. The fraction of sp³-hybridized carbons (Fsp3) is 0.294. The van der Waals surface area contributed by atoms with Gasteiger partial charge in [0.1, 0.15) is 0 Å². The van der Waals surface area contributed by atoms with Crippen LogP contribution in [0.3, 0.4) is 0 Å². The summed E-state index contributed by atoms with van der Waals surface area (Å²) in [6, 6.07) is 16.7. The Kier molecular flexibility index (Phi) is 4.58. The lowest BCUT2D eigenvalue weighted by molar-refractivity contribution is 0.271. The van der Waals surface area contributed by atoms with E-state index >= 15 is 0 Å². The summed E-state index contributed by atoms with van der Waals surface area (Å²) in [7, 11) is 0. The predicted molar refractivity (Wildman–Crippen MR) is 81.8 cm³/mol. The van der Waals surface area contributed by atoms with Gasteiger partial charge in [-0.3, -0.25) is 4.90 Å². The molecule has 2 heteroatoms. The van der Waals surface area contributed by atoms with Crippen LogP contribution in [0.1, 0.15) is 23.6 Å². The maximum absolute atomic E-state index is 6.02. The van der Waals surface area contributed by atoms with Crippen molar-refractivity contribution in [1.82, 2.24) is 4.90 Å². The third kappa shape index (κ3) is 3.58. The summed E-state index contributed by atoms with van der Waals surface area (Å²) in [4.78, 5) is 2.41. The summed E-state index contributed by atoms with van der Waals surface area (Å²) < 4.78 is 0. The number of nitrogens with two attached hydrogens (primary N) is 1. The summed E-state index contributed by atoms with van der Waals surface area (Å²) in [5, 5.41) is 0. The van der Waals surface area contributed by atoms with Crippen molar-refractivity contribution >= 4 is 5.69 Å². The van der Waals surface area contributed by atoms with Gasteiger partial charge in [-0.05, 0) is 36.2 Å². The minimum Gasteiger partial charge on any atom is -0.398 e. The van der Waals surface area contributed by atoms with E-state index in [2.05, 4.69) is 49.1 Å². The average Bonchev–Trinajstić information content (AvgIpc) is 2.42. The number of hydrogen-bond acceptors (Lipinski definition) is 2. The Morgan fingerprint density at radius 1 is 0.895 bits per heavy atom. The molecule has 0 fully saturated rings. The maximum atomic E-state index is 6.02. The van der Waals surface area contributed by atoms with Crippen LogP contribution in [0.25, 0.3) is 0 Å². The number of nitrogens with zero attached hydrogens (tertiary/aromatic N) is 1. The van der Waals surface area contributed by atoms with Crippen molar-refractivity contribution in [2.75, 3.05) is 12.3 Å². The molecule has 0 aliphatic carbocycles. The summed E-state index contributed by atoms with van der Waals surface area (Å²) in [6.07, 6.45) is 0. The van der Waals surface area contributed by atoms with Gasteiger partial charge in [0.25, 0.3) is 0 Å². The minimum atomic E-state index is 0.880. The number of para-hydroxylation sites is 1. The molecule has 0 amide bonds. The van der Waals surface area contributed by atoms with E-state index in [1.807, 2.05) is 18.2 Å². The van der Waals surface area contributed by atoms with Gasteiger partial charge in [-0.25, -0.2) is 0 Å². The van der Waals surface area contributed by atoms with Crippen LogP contribution in [0, 0.1) is 6.92 Å². The van der Waals surface area contributed by atoms with Gasteiger partial charge in [0.2, 0.25) is 0 Å². The molecule has 2 aromatic rings. The fourth-order valence-electron chi connectivity index (χ4n) is 2.23. The van der Waals surface area contributed by atoms with Crippen LogP contribution >= 0.6 is 0 Å². The van der Waals surface area contributed by atoms with Gasteiger partial charge in [-0.15, -0.1) is 0 Å². The molecule has 2 N–H and O–H groups in total. The molecule has 0 aliphatic rings. The van der Waals surface area contributed by atoms with E-state index in [9.17, 15) is 0 Å². The second kappa shape index (κ2) is 6.39. The van der Waals surface area contributed by atoms with Crippen LogP contribution in [-0.2, 0) is 13.1 Å². The largest absolute Gasteiger partial charge is 0.398 e. The van der Waals surface area contributed by atoms with Gasteiger partial charge in [0, 0.05) is 18.8 Å². The van der Waals surface area contributed by atoms with Crippen LogP contribution in [0.2, 0.25) is 0 Å². The standard InChI is InChI=1S/C17H22N2/c1-3-19(12-15-9-5-4-8-14(15)2)13-16-10-6-7-11-17(16)18/h4-11H,3,12-13,18H2,1-2H3. The summed E-state index contributed by atoms with van der Waals surface area (Å²) in [5.41, 5.74) is 10.8. The third-order valence-corrected chi connectivity index (χ3v) is 3.55. The van der Waals surface area contributed by atoms with Gasteiger partial charge in [-0.1, -0.05) is 49.4 Å². The van der Waals surface area contributed by atoms with Crippen LogP contribution < -0.4 is 5.73 Å². The van der Waals surface area contributed by atoms with Crippen molar-refractivity contribution in [2.24, 2.45) is 0 Å². The van der Waals surface area contributed by atoms with E-state index in [1.54, 1.807) is 0 Å². The lowest BCUT2D eigenvalue weighted by Gasteiger charge is -2.22. The zero-order valence-corrected chi connectivity index (χ0v) is 11.8. The van der Waals surface area contributed by atoms with Gasteiger partial charge in [0.15, 0.2) is 0 Å². The molecular formula is C17H22N2. The maximum Gasteiger partial charge on any atom is 0.0359 e. The molecule has 0 unspecified atom stereocenters. The summed E-state index contributed by atoms with van der Waals surface area (Å²) >= 11 is 0. The number of aryl methyl sites for hydroxylation is 1. The normalized spacial score (nSPS) is 10.9. The second-order valence-electron chi connectivity index (χ2n) is 4.93. The first-order valence-corrected chi connectivity index (χ1v) is 6.81. The van der Waals surface area contributed by atoms with Gasteiger partial charge in [-0.2, -0.15) is 0 Å². The van der Waals surface area contributed by atoms with E-state index in [1.165, 1.54) is 16.7 Å². The summed E-state index contributed by atoms with van der Waals surface area (Å²) in [5.74, 6) is 0. The fourth-order valence-corrected chi connectivity index (χ4v) is 2.23. The molecule has 2 aromatic carbocycles. The SMILES string of the molecule is CCN(Cc1ccccc1C)Cc1ccccc1N. The van der Waals surface area contributed by atoms with Crippen LogP contribution in [0.5, 0.6) is 0 Å². The van der Waals surface area contributed by atoms with E-state index in [4.69, 9.17) is 5.73 Å². The van der Waals surface area contributed by atoms with Gasteiger partial charge < -0.3 is 5.73 Å². The molecule has 0 spiro atoms. The van der Waals surface area contributed by atoms with E-state index in [0.29, 0.717) is 0 Å². The number of anilines is 1. The van der Waals surface area contributed by atoms with Crippen molar-refractivity contribution in [2.45, 2.75) is 26.9 Å². The van der Waals surface area contributed by atoms with Crippen molar-refractivity contribution < 1.29 is 0 Å². The highest BCUT2D eigenvalue weighted by atomic mass is 15.1. The highest BCUT2D eigenvalue weighted by Gasteiger charge is 2.08. The van der Waals surface area contributed by atoms with Gasteiger partial charge >= 0.3 is 0 Å². The highest BCUT2D eigenvalue weighted by Crippen LogP contribution is 2.16. The predicted octanol–water partition coefficient (Wildman–Crippen LogP) is 3.60. The lowest BCUT2D eigenvalue weighted by Crippen LogP contribution is -2.23. The first kappa shape index (κ1) is 13.6. The Hall–Kier alpha value is -1.80. The molecule has 0 atom stereocenters. The number of rotatable bonds is 5. The van der Waals surface area contributed by atoms with Crippen LogP contribution in [-0.4, -0.2) is 11.4 Å². The molecule has 0 saturated carbocycles. The molecule has 0 aromatic heterocycles. The molecule has 0 radical (unpaired) electrons. The summed E-state index contributed by atoms with van der Waals surface area (Å²) in [6.45, 7) is 7.25. The number of hydrogen-bond donors (Lipinski definition) is 1. The Labute approximate surface area is 115 Å². The molecular weight excluding hydrogens is 232 g/mol. The van der Waals surface area contributed by atoms with Crippen molar-refractivity contribution in [3.8, 4) is 0 Å². The lowest BCUT2D eigenvalue weighted by atomic mass is 10.1. The number of benzene rings is 2. The third-order valence-electron chi connectivity index (χ3n) is 3.55. The molecule has 2 rings (SSSR count). The second-order valence-corrected chi connectivity index (χ2v) is 4.93. The molecule has 19 heavy (non-hydrogen) atoms. The monoisotopic (exact) mass is 254 g/mol. The zero-order chi connectivity index (χ0) is 13.7. The molecule has 2 nitrogen and oxygen atoms in total. The minimum absolute atomic E-state index is 0.880. The highest BCUT2D eigenvalue weighted by molar-refractivity contribution is 5.46. The quantitative estimate of drug-likeness (QED) is 0.826. The smallest absolute Gasteiger partial charge is 0.0359 e. The Morgan fingerprint density at radius 3 is 2.11 bits per heavy atom. The van der Waals surface area contributed by atoms with Crippen molar-refractivity contribution in [3.63, 3.8) is 0 Å². The van der Waals surface area contributed by atoms with E-state index in [0.717, 1.165) is 25.3 Å². The molecule has 0 bridgehead atoms. The van der Waals surface area contributed by atoms with E-state index < -0.39 is 0 Å². The Balaban J connectivity index is 2.09. The molecule has 0 heterocycles. The van der Waals surface area contributed by atoms with Crippen LogP contribution in [0.4, 0.5) is 5.69 Å².